The highest BCUT2D eigenvalue weighted by Crippen LogP contribution is 2.34. The van der Waals surface area contributed by atoms with Gasteiger partial charge in [0.05, 0.1) is 0 Å². The van der Waals surface area contributed by atoms with E-state index in [9.17, 15) is 9.59 Å². The van der Waals surface area contributed by atoms with E-state index in [-0.39, 0.29) is 12.1 Å². The maximum Gasteiger partial charge on any atom is 0.326 e. The Morgan fingerprint density at radius 2 is 2.11 bits per heavy atom. The molecule has 1 unspecified atom stereocenters. The molecule has 2 atom stereocenters. The van der Waals surface area contributed by atoms with Gasteiger partial charge < -0.3 is 15.3 Å². The third-order valence-electron chi connectivity index (χ3n) is 3.44. The predicted octanol–water partition coefficient (Wildman–Crippen LogP) is 1.63. The standard InChI is InChI=1S/C12H22N2O3S/c1-8(9-4-5-9)14(2)12(17)13-10(11(15)16)6-7-18-3/h8-10H,4-7H2,1-3H3,(H,13,17)(H,15,16)/t8?,10-/m1/s1. The highest BCUT2D eigenvalue weighted by molar-refractivity contribution is 7.98. The van der Waals surface area contributed by atoms with Crippen LogP contribution in [-0.2, 0) is 4.79 Å². The molecule has 0 aromatic rings. The van der Waals surface area contributed by atoms with E-state index >= 15 is 0 Å². The Kier molecular flexibility index (Phi) is 5.78. The van der Waals surface area contributed by atoms with Crippen molar-refractivity contribution < 1.29 is 14.7 Å². The molecular formula is C12H22N2O3S. The Labute approximate surface area is 112 Å². The lowest BCUT2D eigenvalue weighted by molar-refractivity contribution is -0.139. The molecule has 6 heteroatoms. The van der Waals surface area contributed by atoms with Crippen molar-refractivity contribution in [3.05, 3.63) is 0 Å². The fraction of sp³-hybridized carbons (Fsp3) is 0.833. The number of carbonyl (C=O) groups is 2. The van der Waals surface area contributed by atoms with Crippen LogP contribution in [0.15, 0.2) is 0 Å². The molecule has 1 aliphatic rings. The number of aliphatic carboxylic acids is 1. The number of urea groups is 1. The van der Waals surface area contributed by atoms with E-state index in [2.05, 4.69) is 5.32 Å². The Hall–Kier alpha value is -0.910. The van der Waals surface area contributed by atoms with Crippen molar-refractivity contribution in [3.63, 3.8) is 0 Å². The molecule has 0 spiro atoms. The average Bonchev–Trinajstić information content (AvgIpc) is 3.15. The topological polar surface area (TPSA) is 69.6 Å². The van der Waals surface area contributed by atoms with Crippen LogP contribution in [0.25, 0.3) is 0 Å². The summed E-state index contributed by atoms with van der Waals surface area (Å²) in [6.45, 7) is 2.01. The number of thioether (sulfide) groups is 1. The van der Waals surface area contributed by atoms with Crippen molar-refractivity contribution in [2.24, 2.45) is 5.92 Å². The van der Waals surface area contributed by atoms with Gasteiger partial charge in [-0.25, -0.2) is 9.59 Å². The van der Waals surface area contributed by atoms with Gasteiger partial charge in [0, 0.05) is 13.1 Å². The molecule has 0 saturated heterocycles. The molecule has 1 rings (SSSR count). The zero-order valence-corrected chi connectivity index (χ0v) is 12.0. The average molecular weight is 274 g/mol. The number of carboxylic acid groups (broad SMARTS) is 1. The number of amides is 2. The van der Waals surface area contributed by atoms with Crippen molar-refractivity contribution in [1.82, 2.24) is 10.2 Å². The molecule has 0 bridgehead atoms. The Balaban J connectivity index is 2.46. The fourth-order valence-corrected chi connectivity index (χ4v) is 2.30. The van der Waals surface area contributed by atoms with Crippen LogP contribution in [0.5, 0.6) is 0 Å². The minimum Gasteiger partial charge on any atom is -0.480 e. The molecule has 104 valence electrons. The smallest absolute Gasteiger partial charge is 0.326 e. The van der Waals surface area contributed by atoms with Gasteiger partial charge in [0.25, 0.3) is 0 Å². The van der Waals surface area contributed by atoms with Crippen molar-refractivity contribution >= 4 is 23.8 Å². The molecule has 0 radical (unpaired) electrons. The molecule has 0 aromatic heterocycles. The van der Waals surface area contributed by atoms with E-state index in [1.165, 1.54) is 0 Å². The molecule has 2 N–H and O–H groups in total. The van der Waals surface area contributed by atoms with Gasteiger partial charge in [-0.05, 0) is 44.1 Å². The number of rotatable bonds is 7. The van der Waals surface area contributed by atoms with E-state index in [1.807, 2.05) is 13.2 Å². The Morgan fingerprint density at radius 3 is 2.56 bits per heavy atom. The summed E-state index contributed by atoms with van der Waals surface area (Å²) >= 11 is 1.58. The highest BCUT2D eigenvalue weighted by atomic mass is 32.2. The first kappa shape index (κ1) is 15.1. The summed E-state index contributed by atoms with van der Waals surface area (Å²) in [6.07, 6.45) is 4.69. The molecule has 0 heterocycles. The highest BCUT2D eigenvalue weighted by Gasteiger charge is 2.33. The Morgan fingerprint density at radius 1 is 1.50 bits per heavy atom. The largest absolute Gasteiger partial charge is 0.480 e. The first-order chi connectivity index (χ1) is 8.47. The summed E-state index contributed by atoms with van der Waals surface area (Å²) in [6, 6.07) is -0.901. The van der Waals surface area contributed by atoms with E-state index < -0.39 is 12.0 Å². The summed E-state index contributed by atoms with van der Waals surface area (Å²) in [5.41, 5.74) is 0. The normalized spacial score (nSPS) is 17.9. The molecule has 1 saturated carbocycles. The number of hydrogen-bond acceptors (Lipinski definition) is 3. The SMILES string of the molecule is CSCC[C@@H](NC(=O)N(C)C(C)C1CC1)C(=O)O. The van der Waals surface area contributed by atoms with E-state index in [0.29, 0.717) is 12.3 Å². The quantitative estimate of drug-likeness (QED) is 0.740. The number of nitrogens with zero attached hydrogens (tertiary/aromatic N) is 1. The van der Waals surface area contributed by atoms with E-state index in [1.54, 1.807) is 23.7 Å². The Bertz CT molecular complexity index is 308. The van der Waals surface area contributed by atoms with Crippen LogP contribution < -0.4 is 5.32 Å². The maximum atomic E-state index is 11.9. The first-order valence-electron chi connectivity index (χ1n) is 6.22. The van der Waals surface area contributed by atoms with Gasteiger partial charge >= 0.3 is 12.0 Å². The lowest BCUT2D eigenvalue weighted by atomic mass is 10.2. The van der Waals surface area contributed by atoms with Crippen molar-refractivity contribution in [1.29, 1.82) is 0 Å². The summed E-state index contributed by atoms with van der Waals surface area (Å²) in [7, 11) is 1.73. The summed E-state index contributed by atoms with van der Waals surface area (Å²) in [4.78, 5) is 24.6. The first-order valence-corrected chi connectivity index (χ1v) is 7.61. The van der Waals surface area contributed by atoms with Crippen LogP contribution in [0.2, 0.25) is 0 Å². The summed E-state index contributed by atoms with van der Waals surface area (Å²) < 4.78 is 0. The van der Waals surface area contributed by atoms with Gasteiger partial charge in [-0.15, -0.1) is 0 Å². The third kappa shape index (κ3) is 4.40. The van der Waals surface area contributed by atoms with Crippen LogP contribution >= 0.6 is 11.8 Å². The third-order valence-corrected chi connectivity index (χ3v) is 4.09. The van der Waals surface area contributed by atoms with Gasteiger partial charge in [0.15, 0.2) is 0 Å². The van der Waals surface area contributed by atoms with Gasteiger partial charge in [0.1, 0.15) is 6.04 Å². The van der Waals surface area contributed by atoms with Gasteiger partial charge in [-0.3, -0.25) is 0 Å². The zero-order valence-electron chi connectivity index (χ0n) is 11.2. The molecular weight excluding hydrogens is 252 g/mol. The van der Waals surface area contributed by atoms with E-state index in [0.717, 1.165) is 18.6 Å². The van der Waals surface area contributed by atoms with Crippen LogP contribution in [0.3, 0.4) is 0 Å². The molecule has 0 aliphatic heterocycles. The van der Waals surface area contributed by atoms with Crippen molar-refractivity contribution in [3.8, 4) is 0 Å². The van der Waals surface area contributed by atoms with Gasteiger partial charge in [-0.2, -0.15) is 11.8 Å². The molecule has 5 nitrogen and oxygen atoms in total. The monoisotopic (exact) mass is 274 g/mol. The molecule has 1 aliphatic carbocycles. The fourth-order valence-electron chi connectivity index (χ4n) is 1.82. The molecule has 1 fully saturated rings. The summed E-state index contributed by atoms with van der Waals surface area (Å²) in [5.74, 6) is 0.333. The lowest BCUT2D eigenvalue weighted by Crippen LogP contribution is -2.49. The maximum absolute atomic E-state index is 11.9. The van der Waals surface area contributed by atoms with Gasteiger partial charge in [0.2, 0.25) is 0 Å². The number of carbonyl (C=O) groups excluding carboxylic acids is 1. The lowest BCUT2D eigenvalue weighted by Gasteiger charge is -2.26. The molecule has 2 amide bonds. The minimum atomic E-state index is -0.968. The minimum absolute atomic E-state index is 0.181. The number of nitrogens with one attached hydrogen (secondary N) is 1. The number of carboxylic acids is 1. The second-order valence-electron chi connectivity index (χ2n) is 4.81. The molecule has 0 aromatic carbocycles. The zero-order chi connectivity index (χ0) is 13.7. The summed E-state index contributed by atoms with van der Waals surface area (Å²) in [5, 5.41) is 11.6. The van der Waals surface area contributed by atoms with Crippen LogP contribution in [0, 0.1) is 5.92 Å². The molecule has 18 heavy (non-hydrogen) atoms. The number of hydrogen-bond donors (Lipinski definition) is 2. The van der Waals surface area contributed by atoms with Crippen molar-refractivity contribution in [2.75, 3.05) is 19.1 Å². The van der Waals surface area contributed by atoms with Gasteiger partial charge in [-0.1, -0.05) is 0 Å². The van der Waals surface area contributed by atoms with Crippen LogP contribution in [-0.4, -0.2) is 53.1 Å². The predicted molar refractivity (Wildman–Crippen MR) is 72.9 cm³/mol. The van der Waals surface area contributed by atoms with Crippen LogP contribution in [0.1, 0.15) is 26.2 Å². The van der Waals surface area contributed by atoms with E-state index in [4.69, 9.17) is 5.11 Å². The van der Waals surface area contributed by atoms with Crippen LogP contribution in [0.4, 0.5) is 4.79 Å². The second-order valence-corrected chi connectivity index (χ2v) is 5.80. The second kappa shape index (κ2) is 6.87. The van der Waals surface area contributed by atoms with Crippen molar-refractivity contribution in [2.45, 2.75) is 38.3 Å².